The highest BCUT2D eigenvalue weighted by molar-refractivity contribution is 4.90. The van der Waals surface area contributed by atoms with Crippen LogP contribution in [0.1, 0.15) is 38.5 Å². The summed E-state index contributed by atoms with van der Waals surface area (Å²) < 4.78 is 5.78. The van der Waals surface area contributed by atoms with Crippen LogP contribution >= 0.6 is 0 Å². The van der Waals surface area contributed by atoms with Crippen molar-refractivity contribution in [1.82, 2.24) is 10.2 Å². The van der Waals surface area contributed by atoms with Crippen LogP contribution in [0.2, 0.25) is 0 Å². The Kier molecular flexibility index (Phi) is 3.99. The first-order valence-electron chi connectivity index (χ1n) is 7.49. The molecule has 3 heterocycles. The molecule has 1 N–H and O–H groups in total. The number of nitrogens with one attached hydrogen (secondary N) is 1. The molecule has 0 amide bonds. The predicted octanol–water partition coefficient (Wildman–Crippen LogP) is 1.63. The van der Waals surface area contributed by atoms with Crippen molar-refractivity contribution in [3.05, 3.63) is 0 Å². The largest absolute Gasteiger partial charge is 0.378 e. The second-order valence-corrected chi connectivity index (χ2v) is 5.98. The predicted molar refractivity (Wildman–Crippen MR) is 69.2 cm³/mol. The number of rotatable bonds is 4. The molecule has 3 saturated heterocycles. The van der Waals surface area contributed by atoms with Crippen molar-refractivity contribution < 1.29 is 4.74 Å². The Morgan fingerprint density at radius 1 is 1.12 bits per heavy atom. The topological polar surface area (TPSA) is 24.5 Å². The Labute approximate surface area is 105 Å². The van der Waals surface area contributed by atoms with E-state index >= 15 is 0 Å². The summed E-state index contributed by atoms with van der Waals surface area (Å²) in [6.07, 6.45) is 8.44. The molecular weight excluding hydrogens is 212 g/mol. The van der Waals surface area contributed by atoms with Gasteiger partial charge in [-0.25, -0.2) is 0 Å². The Bertz CT molecular complexity index is 240. The normalized spacial score (nSPS) is 41.6. The van der Waals surface area contributed by atoms with E-state index in [1.807, 2.05) is 0 Å². The van der Waals surface area contributed by atoms with E-state index in [0.29, 0.717) is 6.10 Å². The van der Waals surface area contributed by atoms with Gasteiger partial charge >= 0.3 is 0 Å². The third-order valence-corrected chi connectivity index (χ3v) is 4.78. The molecule has 0 aromatic rings. The molecule has 0 aromatic heterocycles. The number of fused-ring (bicyclic) bond motifs is 2. The van der Waals surface area contributed by atoms with Gasteiger partial charge in [0, 0.05) is 19.2 Å². The van der Waals surface area contributed by atoms with Crippen LogP contribution < -0.4 is 5.32 Å². The summed E-state index contributed by atoms with van der Waals surface area (Å²) in [5.41, 5.74) is 0. The van der Waals surface area contributed by atoms with Gasteiger partial charge < -0.3 is 15.0 Å². The third-order valence-electron chi connectivity index (χ3n) is 4.78. The number of ether oxygens (including phenoxy) is 1. The van der Waals surface area contributed by atoms with E-state index in [0.717, 1.165) is 25.1 Å². The highest BCUT2D eigenvalue weighted by Crippen LogP contribution is 2.27. The SMILES string of the molecule is C1CCC(CCNC2CCN3CCC2C3)OC1. The smallest absolute Gasteiger partial charge is 0.0587 e. The molecule has 3 nitrogen and oxygen atoms in total. The molecule has 98 valence electrons. The van der Waals surface area contributed by atoms with Crippen molar-refractivity contribution in [2.45, 2.75) is 50.7 Å². The fraction of sp³-hybridized carbons (Fsp3) is 1.00. The van der Waals surface area contributed by atoms with Gasteiger partial charge in [0.05, 0.1) is 6.10 Å². The van der Waals surface area contributed by atoms with Gasteiger partial charge in [0.15, 0.2) is 0 Å². The van der Waals surface area contributed by atoms with Crippen LogP contribution in [0.4, 0.5) is 0 Å². The van der Waals surface area contributed by atoms with Crippen LogP contribution in [0.25, 0.3) is 0 Å². The standard InChI is InChI=1S/C14H26N2O/c1-2-10-17-13(3-1)4-7-15-14-6-9-16-8-5-12(14)11-16/h12-15H,1-11H2. The summed E-state index contributed by atoms with van der Waals surface area (Å²) in [6.45, 7) is 6.15. The summed E-state index contributed by atoms with van der Waals surface area (Å²) in [5.74, 6) is 0.927. The van der Waals surface area contributed by atoms with Gasteiger partial charge in [0.25, 0.3) is 0 Å². The van der Waals surface area contributed by atoms with Crippen molar-refractivity contribution in [2.75, 3.05) is 32.8 Å². The number of hydrogen-bond acceptors (Lipinski definition) is 3. The lowest BCUT2D eigenvalue weighted by molar-refractivity contribution is 0.0107. The van der Waals surface area contributed by atoms with Crippen LogP contribution in [-0.2, 0) is 4.74 Å². The molecule has 3 rings (SSSR count). The average molecular weight is 238 g/mol. The zero-order valence-corrected chi connectivity index (χ0v) is 10.9. The summed E-state index contributed by atoms with van der Waals surface area (Å²) in [6, 6.07) is 0.789. The minimum absolute atomic E-state index is 0.542. The lowest BCUT2D eigenvalue weighted by atomic mass is 9.94. The van der Waals surface area contributed by atoms with Crippen molar-refractivity contribution in [3.63, 3.8) is 0 Å². The fourth-order valence-corrected chi connectivity index (χ4v) is 3.69. The van der Waals surface area contributed by atoms with Crippen LogP contribution in [0, 0.1) is 5.92 Å². The molecule has 3 aliphatic heterocycles. The summed E-state index contributed by atoms with van der Waals surface area (Å²) >= 11 is 0. The molecule has 3 aliphatic rings. The first-order valence-corrected chi connectivity index (χ1v) is 7.49. The van der Waals surface area contributed by atoms with Crippen molar-refractivity contribution in [3.8, 4) is 0 Å². The molecule has 2 bridgehead atoms. The minimum atomic E-state index is 0.542. The molecule has 0 aliphatic carbocycles. The Morgan fingerprint density at radius 2 is 2.06 bits per heavy atom. The first kappa shape index (κ1) is 11.9. The maximum Gasteiger partial charge on any atom is 0.0587 e. The highest BCUT2D eigenvalue weighted by atomic mass is 16.5. The molecular formula is C14H26N2O. The molecule has 3 heteroatoms. The van der Waals surface area contributed by atoms with Crippen LogP contribution in [-0.4, -0.2) is 49.8 Å². The van der Waals surface area contributed by atoms with Gasteiger partial charge in [-0.15, -0.1) is 0 Å². The van der Waals surface area contributed by atoms with E-state index in [-0.39, 0.29) is 0 Å². The van der Waals surface area contributed by atoms with E-state index in [4.69, 9.17) is 4.74 Å². The van der Waals surface area contributed by atoms with E-state index < -0.39 is 0 Å². The summed E-state index contributed by atoms with van der Waals surface area (Å²) in [5, 5.41) is 3.79. The minimum Gasteiger partial charge on any atom is -0.378 e. The molecule has 4 atom stereocenters. The Balaban J connectivity index is 1.36. The lowest BCUT2D eigenvalue weighted by Gasteiger charge is -2.32. The average Bonchev–Trinajstić information content (AvgIpc) is 2.76. The van der Waals surface area contributed by atoms with Gasteiger partial charge in [-0.05, 0) is 64.1 Å². The molecule has 0 spiro atoms. The second-order valence-electron chi connectivity index (χ2n) is 5.98. The second kappa shape index (κ2) is 5.68. The molecule has 17 heavy (non-hydrogen) atoms. The lowest BCUT2D eigenvalue weighted by Crippen LogP contribution is -2.44. The number of hydrogen-bond donors (Lipinski definition) is 1. The van der Waals surface area contributed by atoms with E-state index in [1.165, 1.54) is 58.2 Å². The van der Waals surface area contributed by atoms with Crippen LogP contribution in [0.5, 0.6) is 0 Å². The molecule has 0 saturated carbocycles. The monoisotopic (exact) mass is 238 g/mol. The zero-order chi connectivity index (χ0) is 11.5. The maximum atomic E-state index is 5.78. The molecule has 3 fully saturated rings. The molecule has 0 aromatic carbocycles. The van der Waals surface area contributed by atoms with E-state index in [1.54, 1.807) is 0 Å². The quantitative estimate of drug-likeness (QED) is 0.805. The fourth-order valence-electron chi connectivity index (χ4n) is 3.69. The van der Waals surface area contributed by atoms with Gasteiger partial charge in [0.2, 0.25) is 0 Å². The number of piperidine rings is 1. The van der Waals surface area contributed by atoms with Gasteiger partial charge in [-0.2, -0.15) is 0 Å². The highest BCUT2D eigenvalue weighted by Gasteiger charge is 2.33. The molecule has 0 radical (unpaired) electrons. The van der Waals surface area contributed by atoms with Gasteiger partial charge in [0.1, 0.15) is 0 Å². The maximum absolute atomic E-state index is 5.78. The third kappa shape index (κ3) is 3.01. The summed E-state index contributed by atoms with van der Waals surface area (Å²) in [4.78, 5) is 2.62. The molecule has 4 unspecified atom stereocenters. The summed E-state index contributed by atoms with van der Waals surface area (Å²) in [7, 11) is 0. The first-order chi connectivity index (χ1) is 8.42. The Morgan fingerprint density at radius 3 is 2.94 bits per heavy atom. The van der Waals surface area contributed by atoms with Gasteiger partial charge in [-0.3, -0.25) is 0 Å². The number of nitrogens with zero attached hydrogens (tertiary/aromatic N) is 1. The van der Waals surface area contributed by atoms with E-state index in [2.05, 4.69) is 10.2 Å². The zero-order valence-electron chi connectivity index (χ0n) is 10.9. The van der Waals surface area contributed by atoms with Crippen molar-refractivity contribution in [1.29, 1.82) is 0 Å². The Hall–Kier alpha value is -0.120. The van der Waals surface area contributed by atoms with Crippen LogP contribution in [0.15, 0.2) is 0 Å². The van der Waals surface area contributed by atoms with Gasteiger partial charge in [-0.1, -0.05) is 0 Å². The van der Waals surface area contributed by atoms with Crippen molar-refractivity contribution in [2.24, 2.45) is 5.92 Å². The van der Waals surface area contributed by atoms with Crippen LogP contribution in [0.3, 0.4) is 0 Å². The van der Waals surface area contributed by atoms with E-state index in [9.17, 15) is 0 Å². The van der Waals surface area contributed by atoms with Crippen molar-refractivity contribution >= 4 is 0 Å².